The number of aryl methyl sites for hydroxylation is 1. The van der Waals surface area contributed by atoms with Crippen LogP contribution in [0.1, 0.15) is 31.2 Å². The van der Waals surface area contributed by atoms with Gasteiger partial charge in [0.05, 0.1) is 11.0 Å². The number of rotatable bonds is 3. The van der Waals surface area contributed by atoms with Gasteiger partial charge in [0.25, 0.3) is 0 Å². The second kappa shape index (κ2) is 5.13. The summed E-state index contributed by atoms with van der Waals surface area (Å²) in [7, 11) is -1.65. The normalized spacial score (nSPS) is 30.6. The number of hydrogen-bond donors (Lipinski definition) is 0. The van der Waals surface area contributed by atoms with Gasteiger partial charge in [0, 0.05) is 19.2 Å². The Bertz CT molecular complexity index is 568. The van der Waals surface area contributed by atoms with E-state index in [1.165, 1.54) is 0 Å². The van der Waals surface area contributed by atoms with Crippen LogP contribution in [0.15, 0.2) is 29.2 Å². The highest BCUT2D eigenvalue weighted by Crippen LogP contribution is 2.40. The smallest absolute Gasteiger partial charge is 0.243 e. The number of sulfonamides is 1. The molecule has 1 aromatic carbocycles. The SMILES string of the molecule is COC1CC2CCC(C1)N2S(=O)(=O)c1ccc(C)cc1. The maximum absolute atomic E-state index is 12.8. The van der Waals surface area contributed by atoms with E-state index in [0.717, 1.165) is 31.2 Å². The van der Waals surface area contributed by atoms with Gasteiger partial charge in [-0.3, -0.25) is 0 Å². The maximum atomic E-state index is 12.8. The van der Waals surface area contributed by atoms with Crippen LogP contribution in [0, 0.1) is 6.92 Å². The lowest BCUT2D eigenvalue weighted by atomic mass is 10.0. The molecule has 4 nitrogen and oxygen atoms in total. The molecule has 2 heterocycles. The van der Waals surface area contributed by atoms with Crippen LogP contribution < -0.4 is 0 Å². The van der Waals surface area contributed by atoms with Crippen LogP contribution in [0.3, 0.4) is 0 Å². The summed E-state index contributed by atoms with van der Waals surface area (Å²) < 4.78 is 32.9. The fraction of sp³-hybridized carbons (Fsp3) is 0.600. The van der Waals surface area contributed by atoms with Gasteiger partial charge < -0.3 is 4.74 Å². The lowest BCUT2D eigenvalue weighted by Gasteiger charge is -2.37. The molecule has 0 N–H and O–H groups in total. The first kappa shape index (κ1) is 14.0. The van der Waals surface area contributed by atoms with Crippen molar-refractivity contribution in [3.63, 3.8) is 0 Å². The van der Waals surface area contributed by atoms with Gasteiger partial charge in [0.2, 0.25) is 10.0 Å². The summed E-state index contributed by atoms with van der Waals surface area (Å²) in [5.41, 5.74) is 1.07. The van der Waals surface area contributed by atoms with Gasteiger partial charge in [-0.25, -0.2) is 8.42 Å². The summed E-state index contributed by atoms with van der Waals surface area (Å²) in [6.45, 7) is 1.96. The summed E-state index contributed by atoms with van der Waals surface area (Å²) in [6, 6.07) is 7.35. The predicted molar refractivity (Wildman–Crippen MR) is 77.0 cm³/mol. The third-order valence-corrected chi connectivity index (χ3v) is 6.57. The molecule has 3 rings (SSSR count). The molecule has 2 fully saturated rings. The van der Waals surface area contributed by atoms with E-state index in [9.17, 15) is 8.42 Å². The fourth-order valence-electron chi connectivity index (χ4n) is 3.50. The van der Waals surface area contributed by atoms with E-state index in [0.29, 0.717) is 4.90 Å². The van der Waals surface area contributed by atoms with E-state index < -0.39 is 10.0 Å². The Kier molecular flexibility index (Phi) is 3.60. The molecule has 2 bridgehead atoms. The summed E-state index contributed by atoms with van der Waals surface area (Å²) in [6.07, 6.45) is 3.75. The molecule has 0 radical (unpaired) electrons. The molecular weight excluding hydrogens is 274 g/mol. The summed E-state index contributed by atoms with van der Waals surface area (Å²) in [5.74, 6) is 0. The van der Waals surface area contributed by atoms with E-state index in [2.05, 4.69) is 0 Å². The number of hydrogen-bond acceptors (Lipinski definition) is 3. The van der Waals surface area contributed by atoms with Crippen molar-refractivity contribution in [1.82, 2.24) is 4.31 Å². The molecule has 0 amide bonds. The molecule has 2 atom stereocenters. The quantitative estimate of drug-likeness (QED) is 0.860. The van der Waals surface area contributed by atoms with E-state index in [-0.39, 0.29) is 18.2 Å². The molecule has 0 aliphatic carbocycles. The Balaban J connectivity index is 1.91. The standard InChI is InChI=1S/C15H21NO3S/c1-11-3-7-15(8-4-11)20(17,18)16-12-5-6-13(16)10-14(9-12)19-2/h3-4,7-8,12-14H,5-6,9-10H2,1-2H3. The first-order valence-corrected chi connectivity index (χ1v) is 8.59. The second-order valence-electron chi connectivity index (χ2n) is 5.86. The first-order chi connectivity index (χ1) is 9.52. The van der Waals surface area contributed by atoms with Crippen LogP contribution in [-0.2, 0) is 14.8 Å². The van der Waals surface area contributed by atoms with Crippen LogP contribution in [0.2, 0.25) is 0 Å². The zero-order valence-corrected chi connectivity index (χ0v) is 12.8. The minimum absolute atomic E-state index is 0.102. The van der Waals surface area contributed by atoms with E-state index in [4.69, 9.17) is 4.74 Å². The zero-order chi connectivity index (χ0) is 14.3. The molecule has 0 spiro atoms. The molecule has 0 aromatic heterocycles. The third kappa shape index (κ3) is 2.28. The van der Waals surface area contributed by atoms with E-state index in [1.54, 1.807) is 23.5 Å². The number of ether oxygens (including phenoxy) is 1. The number of nitrogens with zero attached hydrogens (tertiary/aromatic N) is 1. The Hall–Kier alpha value is -0.910. The number of methoxy groups -OCH3 is 1. The molecular formula is C15H21NO3S. The topological polar surface area (TPSA) is 46.6 Å². The molecule has 2 saturated heterocycles. The minimum atomic E-state index is -3.37. The lowest BCUT2D eigenvalue weighted by Crippen LogP contribution is -2.48. The number of benzene rings is 1. The zero-order valence-electron chi connectivity index (χ0n) is 12.0. The molecule has 2 aliphatic rings. The van der Waals surface area contributed by atoms with Crippen LogP contribution >= 0.6 is 0 Å². The average Bonchev–Trinajstić information content (AvgIpc) is 2.71. The van der Waals surface area contributed by atoms with Gasteiger partial charge in [0.1, 0.15) is 0 Å². The number of piperidine rings is 1. The molecule has 110 valence electrons. The van der Waals surface area contributed by atoms with Crippen molar-refractivity contribution in [1.29, 1.82) is 0 Å². The monoisotopic (exact) mass is 295 g/mol. The predicted octanol–water partition coefficient (Wildman–Crippen LogP) is 2.33. The lowest BCUT2D eigenvalue weighted by molar-refractivity contribution is 0.0349. The molecule has 2 aliphatic heterocycles. The third-order valence-electron chi connectivity index (χ3n) is 4.55. The molecule has 2 unspecified atom stereocenters. The first-order valence-electron chi connectivity index (χ1n) is 7.15. The van der Waals surface area contributed by atoms with E-state index >= 15 is 0 Å². The Labute approximate surface area is 120 Å². The van der Waals surface area contributed by atoms with Crippen LogP contribution in [0.25, 0.3) is 0 Å². The minimum Gasteiger partial charge on any atom is -0.381 e. The summed E-state index contributed by atoms with van der Waals surface area (Å²) in [5, 5.41) is 0. The molecule has 1 aromatic rings. The van der Waals surface area contributed by atoms with Crippen LogP contribution in [-0.4, -0.2) is 38.0 Å². The van der Waals surface area contributed by atoms with Crippen molar-refractivity contribution in [2.75, 3.05) is 7.11 Å². The highest BCUT2D eigenvalue weighted by atomic mass is 32.2. The van der Waals surface area contributed by atoms with Gasteiger partial charge in [-0.2, -0.15) is 4.31 Å². The largest absolute Gasteiger partial charge is 0.381 e. The van der Waals surface area contributed by atoms with Crippen molar-refractivity contribution in [2.24, 2.45) is 0 Å². The van der Waals surface area contributed by atoms with Gasteiger partial charge in [-0.05, 0) is 44.7 Å². The molecule has 0 saturated carbocycles. The average molecular weight is 295 g/mol. The Morgan fingerprint density at radius 2 is 1.65 bits per heavy atom. The highest BCUT2D eigenvalue weighted by Gasteiger charge is 2.47. The van der Waals surface area contributed by atoms with Crippen molar-refractivity contribution >= 4 is 10.0 Å². The van der Waals surface area contributed by atoms with Gasteiger partial charge in [0.15, 0.2) is 0 Å². The van der Waals surface area contributed by atoms with Gasteiger partial charge >= 0.3 is 0 Å². The van der Waals surface area contributed by atoms with Gasteiger partial charge in [-0.15, -0.1) is 0 Å². The summed E-state index contributed by atoms with van der Waals surface area (Å²) in [4.78, 5) is 0.413. The van der Waals surface area contributed by atoms with Crippen LogP contribution in [0.5, 0.6) is 0 Å². The highest BCUT2D eigenvalue weighted by molar-refractivity contribution is 7.89. The van der Waals surface area contributed by atoms with E-state index in [1.807, 2.05) is 19.1 Å². The Morgan fingerprint density at radius 1 is 1.10 bits per heavy atom. The molecule has 5 heteroatoms. The second-order valence-corrected chi connectivity index (χ2v) is 7.71. The molecule has 20 heavy (non-hydrogen) atoms. The van der Waals surface area contributed by atoms with Crippen molar-refractivity contribution in [3.05, 3.63) is 29.8 Å². The van der Waals surface area contributed by atoms with Crippen molar-refractivity contribution in [3.8, 4) is 0 Å². The van der Waals surface area contributed by atoms with Crippen molar-refractivity contribution < 1.29 is 13.2 Å². The fourth-order valence-corrected chi connectivity index (χ4v) is 5.39. The summed E-state index contributed by atoms with van der Waals surface area (Å²) >= 11 is 0. The van der Waals surface area contributed by atoms with Crippen molar-refractivity contribution in [2.45, 2.75) is 55.7 Å². The Morgan fingerprint density at radius 3 is 2.15 bits per heavy atom. The van der Waals surface area contributed by atoms with Gasteiger partial charge in [-0.1, -0.05) is 17.7 Å². The number of fused-ring (bicyclic) bond motifs is 2. The maximum Gasteiger partial charge on any atom is 0.243 e. The van der Waals surface area contributed by atoms with Crippen LogP contribution in [0.4, 0.5) is 0 Å².